The summed E-state index contributed by atoms with van der Waals surface area (Å²) in [6, 6.07) is 12.6. The number of nitro groups is 1. The van der Waals surface area contributed by atoms with Gasteiger partial charge in [0.15, 0.2) is 0 Å². The van der Waals surface area contributed by atoms with Crippen molar-refractivity contribution in [2.24, 2.45) is 0 Å². The summed E-state index contributed by atoms with van der Waals surface area (Å²) in [7, 11) is -7.52. The Hall–Kier alpha value is -2.34. The fourth-order valence-electron chi connectivity index (χ4n) is 2.78. The second-order valence-electron chi connectivity index (χ2n) is 5.87. The molecule has 0 spiro atoms. The molecule has 0 N–H and O–H groups in total. The largest absolute Gasteiger partial charge is 0.269 e. The number of piperazine rings is 1. The molecule has 27 heavy (non-hydrogen) atoms. The highest BCUT2D eigenvalue weighted by molar-refractivity contribution is 7.89. The Morgan fingerprint density at radius 1 is 0.704 bits per heavy atom. The highest BCUT2D eigenvalue weighted by atomic mass is 32.2. The summed E-state index contributed by atoms with van der Waals surface area (Å²) in [5.41, 5.74) is -0.201. The standard InChI is InChI=1S/C16H17N3O6S2/c20-19(21)14-6-8-16(9-7-14)27(24,25)18-12-10-17(11-13-18)26(22,23)15-4-2-1-3-5-15/h1-9H,10-13H2. The molecule has 0 saturated carbocycles. The summed E-state index contributed by atoms with van der Waals surface area (Å²) in [6.07, 6.45) is 0. The molecule has 1 aliphatic rings. The van der Waals surface area contributed by atoms with Gasteiger partial charge in [-0.15, -0.1) is 0 Å². The smallest absolute Gasteiger partial charge is 0.258 e. The normalized spacial score (nSPS) is 16.9. The van der Waals surface area contributed by atoms with Crippen molar-refractivity contribution in [1.82, 2.24) is 8.61 Å². The Kier molecular flexibility index (Phi) is 5.29. The van der Waals surface area contributed by atoms with Crippen molar-refractivity contribution in [2.45, 2.75) is 9.79 Å². The Morgan fingerprint density at radius 2 is 1.11 bits per heavy atom. The van der Waals surface area contributed by atoms with E-state index in [0.717, 1.165) is 12.1 Å². The SMILES string of the molecule is O=[N+]([O-])c1ccc(S(=O)(=O)N2CCN(S(=O)(=O)c3ccccc3)CC2)cc1. The molecule has 144 valence electrons. The first-order chi connectivity index (χ1) is 12.7. The van der Waals surface area contributed by atoms with Gasteiger partial charge in [-0.05, 0) is 24.3 Å². The first-order valence-corrected chi connectivity index (χ1v) is 10.9. The van der Waals surface area contributed by atoms with Crippen LogP contribution in [0, 0.1) is 10.1 Å². The van der Waals surface area contributed by atoms with Gasteiger partial charge in [-0.2, -0.15) is 8.61 Å². The quantitative estimate of drug-likeness (QED) is 0.540. The molecule has 3 rings (SSSR count). The number of benzene rings is 2. The van der Waals surface area contributed by atoms with E-state index < -0.39 is 25.0 Å². The van der Waals surface area contributed by atoms with Crippen LogP contribution in [0.1, 0.15) is 0 Å². The Bertz CT molecular complexity index is 1030. The molecular formula is C16H17N3O6S2. The van der Waals surface area contributed by atoms with Crippen LogP contribution in [0.3, 0.4) is 0 Å². The fraction of sp³-hybridized carbons (Fsp3) is 0.250. The molecule has 1 saturated heterocycles. The minimum absolute atomic E-state index is 0.00534. The summed E-state index contributed by atoms with van der Waals surface area (Å²) < 4.78 is 53.0. The molecule has 0 amide bonds. The molecule has 2 aromatic rings. The maximum atomic E-state index is 12.7. The average Bonchev–Trinajstić information content (AvgIpc) is 2.69. The Labute approximate surface area is 157 Å². The summed E-state index contributed by atoms with van der Waals surface area (Å²) in [6.45, 7) is 0.0731. The first kappa shape index (κ1) is 19.4. The zero-order valence-electron chi connectivity index (χ0n) is 14.1. The van der Waals surface area contributed by atoms with Gasteiger partial charge in [-0.1, -0.05) is 18.2 Å². The van der Waals surface area contributed by atoms with Gasteiger partial charge < -0.3 is 0 Å². The third-order valence-corrected chi connectivity index (χ3v) is 8.09. The predicted octanol–water partition coefficient (Wildman–Crippen LogP) is 1.29. The van der Waals surface area contributed by atoms with E-state index in [1.807, 2.05) is 0 Å². The maximum Gasteiger partial charge on any atom is 0.269 e. The van der Waals surface area contributed by atoms with Crippen LogP contribution in [0.15, 0.2) is 64.4 Å². The zero-order chi connectivity index (χ0) is 19.7. The molecule has 2 aromatic carbocycles. The van der Waals surface area contributed by atoms with Crippen LogP contribution in [-0.4, -0.2) is 56.5 Å². The van der Waals surface area contributed by atoms with E-state index in [9.17, 15) is 26.9 Å². The van der Waals surface area contributed by atoms with Crippen LogP contribution in [0.2, 0.25) is 0 Å². The number of non-ortho nitro benzene ring substituents is 1. The van der Waals surface area contributed by atoms with Gasteiger partial charge in [-0.3, -0.25) is 10.1 Å². The van der Waals surface area contributed by atoms with E-state index in [2.05, 4.69) is 0 Å². The molecular weight excluding hydrogens is 394 g/mol. The topological polar surface area (TPSA) is 118 Å². The summed E-state index contributed by atoms with van der Waals surface area (Å²) in [4.78, 5) is 10.2. The lowest BCUT2D eigenvalue weighted by Gasteiger charge is -2.33. The molecule has 9 nitrogen and oxygen atoms in total. The third kappa shape index (κ3) is 3.86. The monoisotopic (exact) mass is 411 g/mol. The van der Waals surface area contributed by atoms with Gasteiger partial charge in [0.1, 0.15) is 0 Å². The van der Waals surface area contributed by atoms with Crippen LogP contribution >= 0.6 is 0 Å². The van der Waals surface area contributed by atoms with Gasteiger partial charge in [0.05, 0.1) is 14.7 Å². The van der Waals surface area contributed by atoms with Crippen molar-refractivity contribution in [3.05, 3.63) is 64.7 Å². The number of nitrogens with zero attached hydrogens (tertiary/aromatic N) is 3. The molecule has 1 heterocycles. The molecule has 0 radical (unpaired) electrons. The molecule has 0 unspecified atom stereocenters. The second-order valence-corrected chi connectivity index (χ2v) is 9.75. The van der Waals surface area contributed by atoms with Gasteiger partial charge >= 0.3 is 0 Å². The van der Waals surface area contributed by atoms with Gasteiger partial charge in [0.2, 0.25) is 20.0 Å². The number of rotatable bonds is 5. The van der Waals surface area contributed by atoms with Crippen molar-refractivity contribution in [3.8, 4) is 0 Å². The van der Waals surface area contributed by atoms with E-state index in [0.29, 0.717) is 0 Å². The molecule has 0 aromatic heterocycles. The first-order valence-electron chi connectivity index (χ1n) is 8.03. The minimum atomic E-state index is -3.85. The van der Waals surface area contributed by atoms with Crippen LogP contribution in [0.5, 0.6) is 0 Å². The molecule has 0 bridgehead atoms. The lowest BCUT2D eigenvalue weighted by Crippen LogP contribution is -2.50. The van der Waals surface area contributed by atoms with E-state index >= 15 is 0 Å². The Balaban J connectivity index is 1.74. The van der Waals surface area contributed by atoms with E-state index in [-0.39, 0.29) is 41.7 Å². The molecule has 11 heteroatoms. The highest BCUT2D eigenvalue weighted by Gasteiger charge is 2.33. The van der Waals surface area contributed by atoms with Crippen molar-refractivity contribution < 1.29 is 21.8 Å². The van der Waals surface area contributed by atoms with Crippen LogP contribution in [-0.2, 0) is 20.0 Å². The van der Waals surface area contributed by atoms with Gasteiger partial charge in [-0.25, -0.2) is 16.8 Å². The molecule has 1 fully saturated rings. The summed E-state index contributed by atoms with van der Waals surface area (Å²) in [5.74, 6) is 0. The maximum absolute atomic E-state index is 12.7. The number of hydrogen-bond acceptors (Lipinski definition) is 6. The lowest BCUT2D eigenvalue weighted by molar-refractivity contribution is -0.384. The molecule has 1 aliphatic heterocycles. The van der Waals surface area contributed by atoms with Crippen LogP contribution in [0.25, 0.3) is 0 Å². The Morgan fingerprint density at radius 3 is 1.52 bits per heavy atom. The van der Waals surface area contributed by atoms with Crippen molar-refractivity contribution in [2.75, 3.05) is 26.2 Å². The minimum Gasteiger partial charge on any atom is -0.258 e. The highest BCUT2D eigenvalue weighted by Crippen LogP contribution is 2.23. The molecule has 0 aliphatic carbocycles. The van der Waals surface area contributed by atoms with Crippen molar-refractivity contribution in [1.29, 1.82) is 0 Å². The van der Waals surface area contributed by atoms with E-state index in [1.165, 1.54) is 32.9 Å². The van der Waals surface area contributed by atoms with Crippen LogP contribution < -0.4 is 0 Å². The summed E-state index contributed by atoms with van der Waals surface area (Å²) in [5, 5.41) is 10.7. The van der Waals surface area contributed by atoms with Gasteiger partial charge in [0.25, 0.3) is 5.69 Å². The lowest BCUT2D eigenvalue weighted by atomic mass is 10.3. The van der Waals surface area contributed by atoms with Crippen LogP contribution in [0.4, 0.5) is 5.69 Å². The third-order valence-electron chi connectivity index (χ3n) is 4.26. The fourth-order valence-corrected chi connectivity index (χ4v) is 5.65. The second kappa shape index (κ2) is 7.35. The number of nitro benzene ring substituents is 1. The van der Waals surface area contributed by atoms with E-state index in [4.69, 9.17) is 0 Å². The average molecular weight is 411 g/mol. The predicted molar refractivity (Wildman–Crippen MR) is 97.1 cm³/mol. The van der Waals surface area contributed by atoms with Crippen molar-refractivity contribution in [3.63, 3.8) is 0 Å². The number of sulfonamides is 2. The van der Waals surface area contributed by atoms with Crippen molar-refractivity contribution >= 4 is 25.7 Å². The van der Waals surface area contributed by atoms with E-state index in [1.54, 1.807) is 18.2 Å². The zero-order valence-corrected chi connectivity index (χ0v) is 15.8. The summed E-state index contributed by atoms with van der Waals surface area (Å²) >= 11 is 0. The van der Waals surface area contributed by atoms with Gasteiger partial charge in [0, 0.05) is 38.3 Å². The number of hydrogen-bond donors (Lipinski definition) is 0. The molecule has 0 atom stereocenters.